The van der Waals surface area contributed by atoms with Gasteiger partial charge in [0.2, 0.25) is 0 Å². The number of halogens is 3. The molecule has 0 amide bonds. The Morgan fingerprint density at radius 2 is 1.83 bits per heavy atom. The minimum atomic E-state index is -0.259. The van der Waals surface area contributed by atoms with Gasteiger partial charge < -0.3 is 5.32 Å². The summed E-state index contributed by atoms with van der Waals surface area (Å²) in [6, 6.07) is 8.46. The summed E-state index contributed by atoms with van der Waals surface area (Å²) < 4.78 is 13.8. The van der Waals surface area contributed by atoms with Crippen LogP contribution in [-0.2, 0) is 0 Å². The molecular weight excluding hydrogens is 319 g/mol. The molecule has 1 aromatic carbocycles. The minimum Gasteiger partial charge on any atom is -0.314 e. The van der Waals surface area contributed by atoms with Crippen molar-refractivity contribution in [3.8, 4) is 0 Å². The number of rotatable bonds is 4. The fraction of sp³-hybridized carbons (Fsp3) is 0.538. The van der Waals surface area contributed by atoms with Crippen molar-refractivity contribution in [2.75, 3.05) is 32.9 Å². The highest BCUT2D eigenvalue weighted by Crippen LogP contribution is 2.26. The molecule has 1 heterocycles. The van der Waals surface area contributed by atoms with Crippen LogP contribution in [0.15, 0.2) is 28.7 Å². The third-order valence-electron chi connectivity index (χ3n) is 3.23. The molecule has 1 atom stereocenters. The quantitative estimate of drug-likeness (QED) is 0.908. The van der Waals surface area contributed by atoms with Crippen LogP contribution in [0, 0.1) is 0 Å². The number of alkyl halides is 1. The monoisotopic (exact) mass is 336 g/mol. The van der Waals surface area contributed by atoms with Crippen LogP contribution < -0.4 is 5.32 Å². The van der Waals surface area contributed by atoms with Crippen LogP contribution in [0.1, 0.15) is 18.0 Å². The maximum atomic E-state index is 12.7. The Morgan fingerprint density at radius 1 is 1.22 bits per heavy atom. The van der Waals surface area contributed by atoms with Gasteiger partial charge in [0, 0.05) is 36.7 Å². The van der Waals surface area contributed by atoms with E-state index in [0.717, 1.165) is 30.7 Å². The van der Waals surface area contributed by atoms with E-state index in [9.17, 15) is 4.39 Å². The van der Waals surface area contributed by atoms with Crippen LogP contribution in [0.3, 0.4) is 0 Å². The first-order valence-electron chi connectivity index (χ1n) is 6.07. The highest BCUT2D eigenvalue weighted by Gasteiger charge is 2.21. The van der Waals surface area contributed by atoms with E-state index in [1.807, 2.05) is 12.1 Å². The molecule has 102 valence electrons. The Morgan fingerprint density at radius 3 is 2.39 bits per heavy atom. The zero-order valence-corrected chi connectivity index (χ0v) is 12.6. The second-order valence-corrected chi connectivity index (χ2v) is 5.25. The largest absolute Gasteiger partial charge is 0.314 e. The first-order valence-corrected chi connectivity index (χ1v) is 6.87. The molecule has 1 aliphatic heterocycles. The summed E-state index contributed by atoms with van der Waals surface area (Å²) in [4.78, 5) is 2.37. The van der Waals surface area contributed by atoms with Crippen molar-refractivity contribution >= 4 is 28.3 Å². The molecule has 0 unspecified atom stereocenters. The van der Waals surface area contributed by atoms with Gasteiger partial charge in [-0.1, -0.05) is 28.1 Å². The molecule has 5 heteroatoms. The molecule has 0 radical (unpaired) electrons. The van der Waals surface area contributed by atoms with Gasteiger partial charge in [-0.05, 0) is 24.1 Å². The lowest BCUT2D eigenvalue weighted by atomic mass is 10.0. The Bertz CT molecular complexity index is 341. The molecule has 1 aliphatic rings. The average Bonchev–Trinajstić information content (AvgIpc) is 2.38. The number of benzene rings is 1. The smallest absolute Gasteiger partial charge is 0.0912 e. The van der Waals surface area contributed by atoms with Gasteiger partial charge in [0.15, 0.2) is 0 Å². The van der Waals surface area contributed by atoms with Gasteiger partial charge in [0.25, 0.3) is 0 Å². The van der Waals surface area contributed by atoms with Gasteiger partial charge in [-0.15, -0.1) is 12.4 Å². The molecule has 1 saturated heterocycles. The summed E-state index contributed by atoms with van der Waals surface area (Å²) in [5, 5.41) is 3.33. The van der Waals surface area contributed by atoms with Crippen molar-refractivity contribution in [1.82, 2.24) is 10.2 Å². The van der Waals surface area contributed by atoms with Crippen molar-refractivity contribution in [2.24, 2.45) is 0 Å². The van der Waals surface area contributed by atoms with E-state index in [0.29, 0.717) is 6.42 Å². The number of nitrogens with one attached hydrogen (secondary N) is 1. The topological polar surface area (TPSA) is 15.3 Å². The van der Waals surface area contributed by atoms with Crippen LogP contribution >= 0.6 is 28.3 Å². The van der Waals surface area contributed by atoms with Gasteiger partial charge in [-0.25, -0.2) is 0 Å². The molecule has 0 saturated carbocycles. The molecule has 2 rings (SSSR count). The third-order valence-corrected chi connectivity index (χ3v) is 3.76. The molecule has 0 aromatic heterocycles. The number of hydrogen-bond donors (Lipinski definition) is 1. The summed E-state index contributed by atoms with van der Waals surface area (Å²) in [6.07, 6.45) is 0.585. The van der Waals surface area contributed by atoms with Crippen LogP contribution in [0.2, 0.25) is 0 Å². The Balaban J connectivity index is 0.00000162. The minimum absolute atomic E-state index is 0. The molecule has 0 bridgehead atoms. The predicted molar refractivity (Wildman–Crippen MR) is 79.2 cm³/mol. The zero-order chi connectivity index (χ0) is 12.1. The molecule has 0 aliphatic carbocycles. The highest BCUT2D eigenvalue weighted by atomic mass is 79.9. The van der Waals surface area contributed by atoms with Crippen molar-refractivity contribution in [3.63, 3.8) is 0 Å². The van der Waals surface area contributed by atoms with Crippen molar-refractivity contribution in [3.05, 3.63) is 34.3 Å². The van der Waals surface area contributed by atoms with E-state index in [1.54, 1.807) is 0 Å². The standard InChI is InChI=1S/C13H18BrFN2.ClH/c14-12-3-1-11(2-4-12)13(5-6-15)17-9-7-16-8-10-17;/h1-4,13,16H,5-10H2;1H/t13-;/m1./s1. The van der Waals surface area contributed by atoms with Gasteiger partial charge in [-0.3, -0.25) is 9.29 Å². The first-order chi connectivity index (χ1) is 8.31. The molecule has 18 heavy (non-hydrogen) atoms. The first kappa shape index (κ1) is 15.9. The molecule has 1 aromatic rings. The Kier molecular flexibility index (Phi) is 7.15. The Labute approximate surface area is 122 Å². The summed E-state index contributed by atoms with van der Waals surface area (Å²) in [7, 11) is 0. The molecule has 1 N–H and O–H groups in total. The third kappa shape index (κ3) is 4.19. The summed E-state index contributed by atoms with van der Waals surface area (Å²) in [6.45, 7) is 3.74. The number of nitrogens with zero attached hydrogens (tertiary/aromatic N) is 1. The van der Waals surface area contributed by atoms with Gasteiger partial charge >= 0.3 is 0 Å². The highest BCUT2D eigenvalue weighted by molar-refractivity contribution is 9.10. The Hall–Kier alpha value is -0.160. The average molecular weight is 338 g/mol. The van der Waals surface area contributed by atoms with E-state index < -0.39 is 0 Å². The van der Waals surface area contributed by atoms with Gasteiger partial charge in [0.1, 0.15) is 0 Å². The zero-order valence-electron chi connectivity index (χ0n) is 10.2. The lowest BCUT2D eigenvalue weighted by Crippen LogP contribution is -2.45. The lowest BCUT2D eigenvalue weighted by Gasteiger charge is -2.34. The number of piperazine rings is 1. The van der Waals surface area contributed by atoms with Crippen LogP contribution in [-0.4, -0.2) is 37.8 Å². The number of hydrogen-bond acceptors (Lipinski definition) is 2. The van der Waals surface area contributed by atoms with E-state index >= 15 is 0 Å². The normalized spacial score (nSPS) is 18.1. The summed E-state index contributed by atoms with van der Waals surface area (Å²) in [5.41, 5.74) is 1.22. The van der Waals surface area contributed by atoms with Gasteiger partial charge in [-0.2, -0.15) is 0 Å². The molecular formula is C13H19BrClFN2. The van der Waals surface area contributed by atoms with Crippen molar-refractivity contribution in [1.29, 1.82) is 0 Å². The fourth-order valence-electron chi connectivity index (χ4n) is 2.34. The second kappa shape index (κ2) is 8.10. The van der Waals surface area contributed by atoms with Crippen LogP contribution in [0.25, 0.3) is 0 Å². The van der Waals surface area contributed by atoms with E-state index in [2.05, 4.69) is 38.3 Å². The molecule has 0 spiro atoms. The SMILES string of the molecule is Cl.FCC[C@H](c1ccc(Br)cc1)N1CCNCC1. The summed E-state index contributed by atoms with van der Waals surface area (Å²) >= 11 is 3.43. The second-order valence-electron chi connectivity index (χ2n) is 4.33. The van der Waals surface area contributed by atoms with Crippen molar-refractivity contribution in [2.45, 2.75) is 12.5 Å². The maximum absolute atomic E-state index is 12.7. The van der Waals surface area contributed by atoms with Gasteiger partial charge in [0.05, 0.1) is 6.67 Å². The van der Waals surface area contributed by atoms with Crippen LogP contribution in [0.5, 0.6) is 0 Å². The summed E-state index contributed by atoms with van der Waals surface area (Å²) in [5.74, 6) is 0. The predicted octanol–water partition coefficient (Wildman–Crippen LogP) is 3.18. The lowest BCUT2D eigenvalue weighted by molar-refractivity contribution is 0.157. The van der Waals surface area contributed by atoms with Crippen LogP contribution in [0.4, 0.5) is 4.39 Å². The van der Waals surface area contributed by atoms with E-state index in [1.165, 1.54) is 5.56 Å². The maximum Gasteiger partial charge on any atom is 0.0912 e. The van der Waals surface area contributed by atoms with E-state index in [4.69, 9.17) is 0 Å². The fourth-order valence-corrected chi connectivity index (χ4v) is 2.61. The van der Waals surface area contributed by atoms with Crippen molar-refractivity contribution < 1.29 is 4.39 Å². The molecule has 1 fully saturated rings. The molecule has 2 nitrogen and oxygen atoms in total. The van der Waals surface area contributed by atoms with E-state index in [-0.39, 0.29) is 25.1 Å².